The van der Waals surface area contributed by atoms with Crippen molar-refractivity contribution in [3.8, 4) is 0 Å². The van der Waals surface area contributed by atoms with E-state index in [9.17, 15) is 9.59 Å². The molecule has 2 saturated carbocycles. The molecule has 3 aliphatic rings. The summed E-state index contributed by atoms with van der Waals surface area (Å²) in [5.41, 5.74) is 6.14. The van der Waals surface area contributed by atoms with Gasteiger partial charge in [0.05, 0.1) is 11.0 Å². The maximum absolute atomic E-state index is 13.6. The summed E-state index contributed by atoms with van der Waals surface area (Å²) >= 11 is 0. The summed E-state index contributed by atoms with van der Waals surface area (Å²) in [4.78, 5) is 32.1. The first kappa shape index (κ1) is 23.1. The predicted molar refractivity (Wildman–Crippen MR) is 127 cm³/mol. The molecule has 0 aromatic heterocycles. The van der Waals surface area contributed by atoms with Crippen LogP contribution in [0.15, 0.2) is 30.3 Å². The summed E-state index contributed by atoms with van der Waals surface area (Å²) in [6.45, 7) is 5.64. The third-order valence-electron chi connectivity index (χ3n) is 8.65. The van der Waals surface area contributed by atoms with Gasteiger partial charge in [0.1, 0.15) is 0 Å². The van der Waals surface area contributed by atoms with Gasteiger partial charge in [0.15, 0.2) is 0 Å². The number of benzene rings is 1. The highest BCUT2D eigenvalue weighted by Crippen LogP contribution is 2.49. The Morgan fingerprint density at radius 3 is 2.25 bits per heavy atom. The molecule has 1 aromatic carbocycles. The number of urea groups is 1. The molecule has 1 saturated heterocycles. The van der Waals surface area contributed by atoms with Crippen molar-refractivity contribution in [3.05, 3.63) is 35.9 Å². The molecule has 0 atom stereocenters. The van der Waals surface area contributed by atoms with Crippen molar-refractivity contribution in [2.24, 2.45) is 17.1 Å². The van der Waals surface area contributed by atoms with E-state index in [1.54, 1.807) is 0 Å². The van der Waals surface area contributed by atoms with E-state index >= 15 is 0 Å². The summed E-state index contributed by atoms with van der Waals surface area (Å²) in [7, 11) is 4.36. The molecule has 4 rings (SSSR count). The van der Waals surface area contributed by atoms with Gasteiger partial charge in [-0.15, -0.1) is 0 Å². The van der Waals surface area contributed by atoms with Crippen LogP contribution in [-0.4, -0.2) is 65.9 Å². The van der Waals surface area contributed by atoms with Gasteiger partial charge in [0.25, 0.3) is 0 Å². The first-order valence-corrected chi connectivity index (χ1v) is 12.2. The average Bonchev–Trinajstić information content (AvgIpc) is 2.96. The SMILES string of the molecule is CN(C)[C@]1(c2ccccc2)CC[C@]2(CC1)CN(CC(C)(C)C(N)=O)C(=O)N2CC1CCC1. The standard InChI is InChI=1S/C26H40N4O2/c1-24(2,22(27)31)18-29-19-25(30(23(29)32)17-20-9-8-10-20)13-15-26(16-14-25,28(3)4)21-11-6-5-7-12-21/h5-7,11-12,20H,8-10,13-19H2,1-4H3,(H2,27,31)/t25-,26+. The quantitative estimate of drug-likeness (QED) is 0.701. The molecule has 1 aliphatic heterocycles. The molecule has 6 heteroatoms. The van der Waals surface area contributed by atoms with Crippen LogP contribution in [-0.2, 0) is 10.3 Å². The zero-order valence-corrected chi connectivity index (χ0v) is 20.3. The molecule has 2 aliphatic carbocycles. The Morgan fingerprint density at radius 2 is 1.75 bits per heavy atom. The Morgan fingerprint density at radius 1 is 1.12 bits per heavy atom. The molecular weight excluding hydrogens is 400 g/mol. The number of hydrogen-bond donors (Lipinski definition) is 1. The number of amides is 3. The molecular formula is C26H40N4O2. The lowest BCUT2D eigenvalue weighted by atomic mass is 9.68. The van der Waals surface area contributed by atoms with Gasteiger partial charge >= 0.3 is 6.03 Å². The summed E-state index contributed by atoms with van der Waals surface area (Å²) in [6.07, 6.45) is 7.71. The number of nitrogens with zero attached hydrogens (tertiary/aromatic N) is 3. The summed E-state index contributed by atoms with van der Waals surface area (Å²) in [5, 5.41) is 0. The van der Waals surface area contributed by atoms with Gasteiger partial charge in [0, 0.05) is 25.2 Å². The van der Waals surface area contributed by atoms with Crippen LogP contribution in [0.25, 0.3) is 0 Å². The third kappa shape index (κ3) is 3.91. The Bertz CT molecular complexity index is 839. The molecule has 2 N–H and O–H groups in total. The normalized spacial score (nSPS) is 29.1. The van der Waals surface area contributed by atoms with E-state index in [-0.39, 0.29) is 23.0 Å². The van der Waals surface area contributed by atoms with Gasteiger partial charge < -0.3 is 15.5 Å². The monoisotopic (exact) mass is 440 g/mol. The van der Waals surface area contributed by atoms with Crippen LogP contribution in [0.2, 0.25) is 0 Å². The lowest BCUT2D eigenvalue weighted by Gasteiger charge is -2.51. The van der Waals surface area contributed by atoms with Crippen LogP contribution in [0.3, 0.4) is 0 Å². The Kier molecular flexibility index (Phi) is 6.03. The second-order valence-electron chi connectivity index (χ2n) is 11.3. The number of nitrogens with two attached hydrogens (primary N) is 1. The van der Waals surface area contributed by atoms with Crippen molar-refractivity contribution in [1.82, 2.24) is 14.7 Å². The molecule has 3 amide bonds. The molecule has 0 unspecified atom stereocenters. The molecule has 6 nitrogen and oxygen atoms in total. The third-order valence-corrected chi connectivity index (χ3v) is 8.65. The van der Waals surface area contributed by atoms with E-state index in [4.69, 9.17) is 5.73 Å². The molecule has 3 fully saturated rings. The van der Waals surface area contributed by atoms with Crippen molar-refractivity contribution in [1.29, 1.82) is 0 Å². The van der Waals surface area contributed by atoms with Gasteiger partial charge in [-0.1, -0.05) is 36.8 Å². The minimum atomic E-state index is -0.727. The lowest BCUT2D eigenvalue weighted by molar-refractivity contribution is -0.126. The summed E-state index contributed by atoms with van der Waals surface area (Å²) < 4.78 is 0. The second kappa shape index (κ2) is 8.36. The first-order chi connectivity index (χ1) is 15.1. The predicted octanol–water partition coefficient (Wildman–Crippen LogP) is 3.81. The van der Waals surface area contributed by atoms with Crippen LogP contribution in [0, 0.1) is 11.3 Å². The van der Waals surface area contributed by atoms with E-state index in [1.807, 2.05) is 18.7 Å². The van der Waals surface area contributed by atoms with Crippen LogP contribution in [0.1, 0.15) is 64.4 Å². The van der Waals surface area contributed by atoms with E-state index in [0.29, 0.717) is 19.0 Å². The van der Waals surface area contributed by atoms with Crippen LogP contribution in [0.5, 0.6) is 0 Å². The van der Waals surface area contributed by atoms with E-state index in [1.165, 1.54) is 24.8 Å². The van der Waals surface area contributed by atoms with Crippen molar-refractivity contribution in [3.63, 3.8) is 0 Å². The van der Waals surface area contributed by atoms with Crippen LogP contribution >= 0.6 is 0 Å². The number of rotatable bonds is 7. The van der Waals surface area contributed by atoms with Crippen LogP contribution < -0.4 is 5.73 Å². The van der Waals surface area contributed by atoms with E-state index in [0.717, 1.165) is 32.2 Å². The summed E-state index contributed by atoms with van der Waals surface area (Å²) in [6, 6.07) is 10.9. The Balaban J connectivity index is 1.59. The number of primary amides is 1. The number of hydrogen-bond acceptors (Lipinski definition) is 3. The van der Waals surface area contributed by atoms with Gasteiger partial charge in [-0.2, -0.15) is 0 Å². The van der Waals surface area contributed by atoms with Gasteiger partial charge in [-0.05, 0) is 77.9 Å². The molecule has 1 aromatic rings. The largest absolute Gasteiger partial charge is 0.369 e. The smallest absolute Gasteiger partial charge is 0.320 e. The van der Waals surface area contributed by atoms with Crippen molar-refractivity contribution >= 4 is 11.9 Å². The van der Waals surface area contributed by atoms with Gasteiger partial charge in [-0.3, -0.25) is 9.69 Å². The highest BCUT2D eigenvalue weighted by atomic mass is 16.2. The molecule has 176 valence electrons. The topological polar surface area (TPSA) is 69.9 Å². The van der Waals surface area contributed by atoms with Crippen molar-refractivity contribution in [2.75, 3.05) is 33.7 Å². The highest BCUT2D eigenvalue weighted by Gasteiger charge is 2.55. The highest BCUT2D eigenvalue weighted by molar-refractivity contribution is 5.83. The molecule has 32 heavy (non-hydrogen) atoms. The molecule has 1 heterocycles. The van der Waals surface area contributed by atoms with Gasteiger partial charge in [-0.25, -0.2) is 4.79 Å². The number of carbonyl (C=O) groups is 2. The van der Waals surface area contributed by atoms with Crippen LogP contribution in [0.4, 0.5) is 4.79 Å². The second-order valence-corrected chi connectivity index (χ2v) is 11.3. The maximum atomic E-state index is 13.6. The molecule has 1 spiro atoms. The molecule has 0 bridgehead atoms. The fraction of sp³-hybridized carbons (Fsp3) is 0.692. The fourth-order valence-electron chi connectivity index (χ4n) is 6.07. The zero-order valence-electron chi connectivity index (χ0n) is 20.3. The number of carbonyl (C=O) groups excluding carboxylic acids is 2. The first-order valence-electron chi connectivity index (χ1n) is 12.2. The van der Waals surface area contributed by atoms with E-state index in [2.05, 4.69) is 54.2 Å². The maximum Gasteiger partial charge on any atom is 0.320 e. The van der Waals surface area contributed by atoms with Crippen molar-refractivity contribution < 1.29 is 9.59 Å². The minimum Gasteiger partial charge on any atom is -0.369 e. The zero-order chi connectivity index (χ0) is 23.1. The average molecular weight is 441 g/mol. The minimum absolute atomic E-state index is 0.00237. The van der Waals surface area contributed by atoms with Gasteiger partial charge in [0.2, 0.25) is 5.91 Å². The Hall–Kier alpha value is -2.08. The fourth-order valence-corrected chi connectivity index (χ4v) is 6.07. The van der Waals surface area contributed by atoms with Crippen molar-refractivity contribution in [2.45, 2.75) is 69.9 Å². The Labute approximate surface area is 193 Å². The lowest BCUT2D eigenvalue weighted by Crippen LogP contribution is -2.56. The summed E-state index contributed by atoms with van der Waals surface area (Å²) in [5.74, 6) is 0.269. The molecule has 0 radical (unpaired) electrons. The van der Waals surface area contributed by atoms with E-state index < -0.39 is 5.41 Å².